The van der Waals surface area contributed by atoms with Crippen LogP contribution in [0, 0.1) is 18.3 Å². The van der Waals surface area contributed by atoms with Gasteiger partial charge in [0.1, 0.15) is 19.0 Å². The zero-order valence-corrected chi connectivity index (χ0v) is 13.4. The van der Waals surface area contributed by atoms with E-state index in [1.807, 2.05) is 13.9 Å². The molecule has 0 aliphatic carbocycles. The molecule has 2 heterocycles. The average molecular weight is 299 g/mol. The van der Waals surface area contributed by atoms with E-state index in [0.29, 0.717) is 22.2 Å². The zero-order valence-electron chi connectivity index (χ0n) is 13.4. The predicted octanol–water partition coefficient (Wildman–Crippen LogP) is 0.282. The molecule has 2 aromatic rings. The van der Waals surface area contributed by atoms with Crippen molar-refractivity contribution in [3.63, 3.8) is 0 Å². The first-order valence-electron chi connectivity index (χ1n) is 6.96. The number of aryl methyl sites for hydroxylation is 2. The van der Waals surface area contributed by atoms with Gasteiger partial charge in [-0.05, 0) is 20.8 Å². The summed E-state index contributed by atoms with van der Waals surface area (Å²) in [6, 6.07) is 2.00. The minimum Gasteiger partial charge on any atom is -0.455 e. The lowest BCUT2D eigenvalue weighted by molar-refractivity contribution is 0.00130. The van der Waals surface area contributed by atoms with Crippen LogP contribution in [0.15, 0.2) is 11.0 Å². The molecular formula is C15H18BN3O3. The maximum Gasteiger partial charge on any atom is 0.341 e. The van der Waals surface area contributed by atoms with Gasteiger partial charge in [-0.25, -0.2) is 4.79 Å². The molecule has 1 N–H and O–H groups in total. The Morgan fingerprint density at radius 2 is 2.18 bits per heavy atom. The molecule has 2 rings (SSSR count). The Balaban J connectivity index is 2.60. The topological polar surface area (TPSA) is 87.9 Å². The lowest BCUT2D eigenvalue weighted by Gasteiger charge is -2.22. The minimum absolute atomic E-state index is 0.0981. The summed E-state index contributed by atoms with van der Waals surface area (Å²) in [7, 11) is 3.51. The fourth-order valence-electron chi connectivity index (χ4n) is 2.55. The molecule has 7 heteroatoms. The molecule has 0 fully saturated rings. The number of rotatable bonds is 3. The number of nitriles is 1. The first-order valence-corrected chi connectivity index (χ1v) is 6.96. The number of carbonyl (C=O) groups is 1. The van der Waals surface area contributed by atoms with Crippen molar-refractivity contribution in [1.82, 2.24) is 9.55 Å². The largest absolute Gasteiger partial charge is 0.455 e. The molecule has 0 saturated carbocycles. The van der Waals surface area contributed by atoms with Crippen LogP contribution in [-0.2, 0) is 11.8 Å². The Labute approximate surface area is 129 Å². The number of hydrogen-bond donors (Lipinski definition) is 1. The number of nitrogens with one attached hydrogen (secondary N) is 1. The second-order valence-corrected chi connectivity index (χ2v) is 6.09. The molecule has 0 aliphatic heterocycles. The van der Waals surface area contributed by atoms with Crippen molar-refractivity contribution in [2.75, 3.05) is 0 Å². The molecule has 6 nitrogen and oxygen atoms in total. The van der Waals surface area contributed by atoms with E-state index >= 15 is 0 Å². The quantitative estimate of drug-likeness (QED) is 0.651. The maximum atomic E-state index is 12.5. The Bertz CT molecular complexity index is 856. The molecule has 0 aromatic carbocycles. The molecule has 0 amide bonds. The number of esters is 1. The van der Waals surface area contributed by atoms with Crippen molar-refractivity contribution in [3.8, 4) is 6.07 Å². The number of aromatic nitrogens is 2. The van der Waals surface area contributed by atoms with E-state index in [9.17, 15) is 9.59 Å². The molecule has 0 bridgehead atoms. The van der Waals surface area contributed by atoms with Gasteiger partial charge in [-0.1, -0.05) is 5.46 Å². The zero-order chi connectivity index (χ0) is 16.7. The van der Waals surface area contributed by atoms with Crippen LogP contribution in [0.3, 0.4) is 0 Å². The van der Waals surface area contributed by atoms with Crippen molar-refractivity contribution in [3.05, 3.63) is 27.8 Å². The smallest absolute Gasteiger partial charge is 0.341 e. The summed E-state index contributed by atoms with van der Waals surface area (Å²) >= 11 is 0. The van der Waals surface area contributed by atoms with E-state index in [2.05, 4.69) is 4.98 Å². The van der Waals surface area contributed by atoms with Gasteiger partial charge in [-0.15, -0.1) is 0 Å². The summed E-state index contributed by atoms with van der Waals surface area (Å²) in [5, 5.41) is 9.37. The van der Waals surface area contributed by atoms with Gasteiger partial charge in [0.05, 0.1) is 18.1 Å². The fraction of sp³-hybridized carbons (Fsp3) is 0.400. The van der Waals surface area contributed by atoms with E-state index in [-0.39, 0.29) is 12.0 Å². The normalized spacial score (nSPS) is 11.4. The van der Waals surface area contributed by atoms with Gasteiger partial charge in [0.25, 0.3) is 5.56 Å². The van der Waals surface area contributed by atoms with Crippen LogP contribution in [0.1, 0.15) is 36.3 Å². The first-order chi connectivity index (χ1) is 10.2. The van der Waals surface area contributed by atoms with Crippen molar-refractivity contribution in [2.45, 2.75) is 32.8 Å². The lowest BCUT2D eigenvalue weighted by atomic mass is 9.92. The Morgan fingerprint density at radius 3 is 2.77 bits per heavy atom. The molecule has 0 atom stereocenters. The number of ether oxygens (including phenoxy) is 1. The van der Waals surface area contributed by atoms with Crippen LogP contribution in [0.4, 0.5) is 0 Å². The van der Waals surface area contributed by atoms with Crippen LogP contribution in [-0.4, -0.2) is 29.0 Å². The second kappa shape index (κ2) is 5.37. The molecule has 22 heavy (non-hydrogen) atoms. The van der Waals surface area contributed by atoms with Crippen LogP contribution < -0.4 is 11.0 Å². The van der Waals surface area contributed by atoms with Gasteiger partial charge in [0.15, 0.2) is 0 Å². The highest BCUT2D eigenvalue weighted by molar-refractivity contribution is 6.40. The van der Waals surface area contributed by atoms with Gasteiger partial charge in [0.2, 0.25) is 0 Å². The van der Waals surface area contributed by atoms with E-state index in [4.69, 9.17) is 10.00 Å². The summed E-state index contributed by atoms with van der Waals surface area (Å²) in [4.78, 5) is 27.7. The summed E-state index contributed by atoms with van der Waals surface area (Å²) in [6.45, 7) is 5.10. The highest BCUT2D eigenvalue weighted by atomic mass is 16.6. The first kappa shape index (κ1) is 15.9. The highest BCUT2D eigenvalue weighted by Crippen LogP contribution is 2.23. The number of aromatic amines is 1. The van der Waals surface area contributed by atoms with Crippen LogP contribution in [0.2, 0.25) is 0 Å². The van der Waals surface area contributed by atoms with Gasteiger partial charge in [0, 0.05) is 24.3 Å². The molecule has 0 spiro atoms. The molecule has 0 radical (unpaired) electrons. The third-order valence-electron chi connectivity index (χ3n) is 3.58. The number of H-pyrrole nitrogens is 1. The summed E-state index contributed by atoms with van der Waals surface area (Å²) < 4.78 is 6.92. The van der Waals surface area contributed by atoms with Crippen LogP contribution >= 0.6 is 0 Å². The SMILES string of the molecule is Bc1cn(C)c(=O)c2[nH]c(C)c(C(=O)OC(C)(C)CC#N)c12. The molecule has 0 unspecified atom stereocenters. The van der Waals surface area contributed by atoms with Crippen molar-refractivity contribution in [2.24, 2.45) is 7.05 Å². The predicted molar refractivity (Wildman–Crippen MR) is 86.2 cm³/mol. The summed E-state index contributed by atoms with van der Waals surface area (Å²) in [5.41, 5.74) is 1.07. The maximum absolute atomic E-state index is 12.5. The van der Waals surface area contributed by atoms with Gasteiger partial charge < -0.3 is 14.3 Å². The Kier molecular flexibility index (Phi) is 3.88. The minimum atomic E-state index is -0.879. The van der Waals surface area contributed by atoms with Crippen LogP contribution in [0.25, 0.3) is 10.9 Å². The number of pyridine rings is 1. The van der Waals surface area contributed by atoms with Crippen molar-refractivity contribution in [1.29, 1.82) is 5.26 Å². The van der Waals surface area contributed by atoms with Crippen LogP contribution in [0.5, 0.6) is 0 Å². The molecular weight excluding hydrogens is 281 g/mol. The van der Waals surface area contributed by atoms with E-state index < -0.39 is 11.6 Å². The number of fused-ring (bicyclic) bond motifs is 1. The average Bonchev–Trinajstić information content (AvgIpc) is 2.73. The summed E-state index contributed by atoms with van der Waals surface area (Å²) in [6.07, 6.45) is 1.79. The van der Waals surface area contributed by atoms with Gasteiger partial charge in [-0.2, -0.15) is 5.26 Å². The van der Waals surface area contributed by atoms with E-state index in [1.165, 1.54) is 4.57 Å². The van der Waals surface area contributed by atoms with Crippen molar-refractivity contribution >= 4 is 30.2 Å². The highest BCUT2D eigenvalue weighted by Gasteiger charge is 2.27. The molecule has 0 saturated heterocycles. The third-order valence-corrected chi connectivity index (χ3v) is 3.58. The second-order valence-electron chi connectivity index (χ2n) is 6.09. The van der Waals surface area contributed by atoms with Gasteiger partial charge >= 0.3 is 5.97 Å². The number of hydrogen-bond acceptors (Lipinski definition) is 4. The Hall–Kier alpha value is -2.49. The molecule has 2 aromatic heterocycles. The van der Waals surface area contributed by atoms with Gasteiger partial charge in [-0.3, -0.25) is 4.79 Å². The monoisotopic (exact) mass is 299 g/mol. The standard InChI is InChI=1S/C15H18BN3O3/c1-8-10(14(21)22-15(2,3)5-6-17)11-9(16)7-19(4)13(20)12(11)18-8/h7,18H,5,16H2,1-4H3. The third kappa shape index (κ3) is 2.64. The van der Waals surface area contributed by atoms with E-state index in [0.717, 1.165) is 5.46 Å². The molecule has 114 valence electrons. The summed E-state index contributed by atoms with van der Waals surface area (Å²) in [5.74, 6) is -0.527. The number of carbonyl (C=O) groups excluding carboxylic acids is 1. The lowest BCUT2D eigenvalue weighted by Crippen LogP contribution is -2.28. The van der Waals surface area contributed by atoms with Crippen molar-refractivity contribution < 1.29 is 9.53 Å². The molecule has 0 aliphatic rings. The Morgan fingerprint density at radius 1 is 1.55 bits per heavy atom. The number of nitrogens with zero attached hydrogens (tertiary/aromatic N) is 2. The fourth-order valence-corrected chi connectivity index (χ4v) is 2.55. The van der Waals surface area contributed by atoms with E-state index in [1.54, 1.807) is 34.0 Å².